The maximum absolute atomic E-state index is 13.5. The molecule has 1 unspecified atom stereocenters. The van der Waals surface area contributed by atoms with E-state index in [4.69, 9.17) is 4.74 Å². The second-order valence-electron chi connectivity index (χ2n) is 4.73. The maximum Gasteiger partial charge on any atom is 0.254 e. The first-order chi connectivity index (χ1) is 10.9. The number of benzene rings is 2. The molecule has 0 saturated heterocycles. The second kappa shape index (κ2) is 7.15. The summed E-state index contributed by atoms with van der Waals surface area (Å²) >= 11 is 0. The molecule has 2 aromatic carbocycles. The number of amides is 1. The molecular weight excluding hydrogens is 311 g/mol. The minimum absolute atomic E-state index is 0.232. The van der Waals surface area contributed by atoms with Gasteiger partial charge in [-0.2, -0.15) is 0 Å². The number of rotatable bonds is 5. The quantitative estimate of drug-likeness (QED) is 0.831. The third-order valence-corrected chi connectivity index (χ3v) is 3.21. The Hall–Kier alpha value is -2.54. The third kappa shape index (κ3) is 3.81. The van der Waals surface area contributed by atoms with Gasteiger partial charge in [-0.3, -0.25) is 4.79 Å². The predicted octanol–water partition coefficient (Wildman–Crippen LogP) is 2.58. The van der Waals surface area contributed by atoms with Gasteiger partial charge in [0.05, 0.1) is 18.8 Å². The average Bonchev–Trinajstić information content (AvgIpc) is 2.57. The highest BCUT2D eigenvalue weighted by Gasteiger charge is 2.19. The van der Waals surface area contributed by atoms with E-state index in [1.165, 1.54) is 7.11 Å². The Balaban J connectivity index is 2.05. The summed E-state index contributed by atoms with van der Waals surface area (Å²) in [6.45, 7) is -0.232. The van der Waals surface area contributed by atoms with Crippen molar-refractivity contribution in [2.75, 3.05) is 13.7 Å². The fourth-order valence-electron chi connectivity index (χ4n) is 1.95. The minimum Gasteiger partial charge on any atom is -0.497 e. The molecule has 1 atom stereocenters. The van der Waals surface area contributed by atoms with Gasteiger partial charge >= 0.3 is 0 Å². The Labute approximate surface area is 130 Å². The van der Waals surface area contributed by atoms with Crippen molar-refractivity contribution in [2.45, 2.75) is 6.10 Å². The van der Waals surface area contributed by atoms with Crippen LogP contribution in [0.25, 0.3) is 0 Å². The summed E-state index contributed by atoms with van der Waals surface area (Å²) < 4.78 is 44.5. The van der Waals surface area contributed by atoms with Crippen molar-refractivity contribution in [1.82, 2.24) is 5.32 Å². The number of methoxy groups -OCH3 is 1. The lowest BCUT2D eigenvalue weighted by Crippen LogP contribution is -2.29. The van der Waals surface area contributed by atoms with Gasteiger partial charge in [-0.05, 0) is 29.8 Å². The SMILES string of the molecule is COc1cccc(C(O)CNC(=O)c2ccc(F)c(F)c2F)c1. The molecule has 0 aromatic heterocycles. The van der Waals surface area contributed by atoms with Crippen molar-refractivity contribution in [3.63, 3.8) is 0 Å². The van der Waals surface area contributed by atoms with Crippen molar-refractivity contribution in [3.8, 4) is 5.75 Å². The zero-order chi connectivity index (χ0) is 17.0. The van der Waals surface area contributed by atoms with Gasteiger partial charge in [0.15, 0.2) is 17.5 Å². The van der Waals surface area contributed by atoms with Gasteiger partial charge in [-0.1, -0.05) is 12.1 Å². The zero-order valence-electron chi connectivity index (χ0n) is 12.1. The van der Waals surface area contributed by atoms with Crippen molar-refractivity contribution in [2.24, 2.45) is 0 Å². The van der Waals surface area contributed by atoms with Crippen LogP contribution in [0.3, 0.4) is 0 Å². The lowest BCUT2D eigenvalue weighted by atomic mass is 10.1. The summed E-state index contributed by atoms with van der Waals surface area (Å²) in [5.41, 5.74) is -0.155. The first-order valence-electron chi connectivity index (χ1n) is 6.67. The van der Waals surface area contributed by atoms with Crippen LogP contribution in [-0.4, -0.2) is 24.7 Å². The smallest absolute Gasteiger partial charge is 0.254 e. The van der Waals surface area contributed by atoms with E-state index in [9.17, 15) is 23.1 Å². The highest BCUT2D eigenvalue weighted by atomic mass is 19.2. The number of carbonyl (C=O) groups excluding carboxylic acids is 1. The van der Waals surface area contributed by atoms with Crippen LogP contribution in [0.15, 0.2) is 36.4 Å². The normalized spacial score (nSPS) is 11.9. The highest BCUT2D eigenvalue weighted by Crippen LogP contribution is 2.19. The molecule has 0 aliphatic heterocycles. The van der Waals surface area contributed by atoms with Crippen LogP contribution in [0.2, 0.25) is 0 Å². The first-order valence-corrected chi connectivity index (χ1v) is 6.67. The third-order valence-electron chi connectivity index (χ3n) is 3.21. The molecule has 7 heteroatoms. The van der Waals surface area contributed by atoms with Crippen LogP contribution in [0, 0.1) is 17.5 Å². The molecule has 0 radical (unpaired) electrons. The molecule has 122 valence electrons. The van der Waals surface area contributed by atoms with Crippen molar-refractivity contribution in [3.05, 3.63) is 65.0 Å². The van der Waals surface area contributed by atoms with E-state index < -0.39 is 35.0 Å². The number of ether oxygens (including phenoxy) is 1. The molecule has 2 rings (SSSR count). The molecule has 4 nitrogen and oxygen atoms in total. The molecule has 0 saturated carbocycles. The summed E-state index contributed by atoms with van der Waals surface area (Å²) in [6.07, 6.45) is -1.07. The molecule has 0 aliphatic carbocycles. The van der Waals surface area contributed by atoms with Crippen LogP contribution < -0.4 is 10.1 Å². The summed E-state index contributed by atoms with van der Waals surface area (Å²) in [5, 5.41) is 12.3. The average molecular weight is 325 g/mol. The molecule has 23 heavy (non-hydrogen) atoms. The van der Waals surface area contributed by atoms with Crippen molar-refractivity contribution in [1.29, 1.82) is 0 Å². The van der Waals surface area contributed by atoms with Crippen LogP contribution in [0.4, 0.5) is 13.2 Å². The summed E-state index contributed by atoms with van der Waals surface area (Å²) in [4.78, 5) is 11.8. The van der Waals surface area contributed by atoms with Gasteiger partial charge in [-0.15, -0.1) is 0 Å². The van der Waals surface area contributed by atoms with E-state index >= 15 is 0 Å². The summed E-state index contributed by atoms with van der Waals surface area (Å²) in [5.74, 6) is -5.09. The lowest BCUT2D eigenvalue weighted by Gasteiger charge is -2.13. The molecule has 0 bridgehead atoms. The number of hydrogen-bond acceptors (Lipinski definition) is 3. The van der Waals surface area contributed by atoms with Crippen molar-refractivity contribution < 1.29 is 27.8 Å². The minimum atomic E-state index is -1.72. The molecule has 1 amide bonds. The van der Waals surface area contributed by atoms with Crippen molar-refractivity contribution >= 4 is 5.91 Å². The van der Waals surface area contributed by atoms with Gasteiger partial charge in [0, 0.05) is 6.54 Å². The number of aliphatic hydroxyl groups excluding tert-OH is 1. The van der Waals surface area contributed by atoms with E-state index in [-0.39, 0.29) is 6.54 Å². The monoisotopic (exact) mass is 325 g/mol. The number of aliphatic hydroxyl groups is 1. The van der Waals surface area contributed by atoms with E-state index in [0.29, 0.717) is 17.4 Å². The van der Waals surface area contributed by atoms with Gasteiger partial charge in [0.25, 0.3) is 5.91 Å². The molecule has 0 heterocycles. The second-order valence-corrected chi connectivity index (χ2v) is 4.73. The first kappa shape index (κ1) is 16.8. The van der Waals surface area contributed by atoms with Crippen LogP contribution >= 0.6 is 0 Å². The predicted molar refractivity (Wildman–Crippen MR) is 76.6 cm³/mol. The topological polar surface area (TPSA) is 58.6 Å². The number of hydrogen-bond donors (Lipinski definition) is 2. The molecule has 0 fully saturated rings. The fraction of sp³-hybridized carbons (Fsp3) is 0.188. The van der Waals surface area contributed by atoms with E-state index in [1.807, 2.05) is 0 Å². The van der Waals surface area contributed by atoms with E-state index in [1.54, 1.807) is 24.3 Å². The number of halogens is 3. The largest absolute Gasteiger partial charge is 0.497 e. The maximum atomic E-state index is 13.5. The fourth-order valence-corrected chi connectivity index (χ4v) is 1.95. The molecule has 2 N–H and O–H groups in total. The van der Waals surface area contributed by atoms with Crippen LogP contribution in [0.5, 0.6) is 5.75 Å². The lowest BCUT2D eigenvalue weighted by molar-refractivity contribution is 0.0911. The number of carbonyl (C=O) groups is 1. The molecular formula is C16H14F3NO3. The summed E-state index contributed by atoms with van der Waals surface area (Å²) in [7, 11) is 1.47. The summed E-state index contributed by atoms with van der Waals surface area (Å²) in [6, 6.07) is 8.04. The van der Waals surface area contributed by atoms with Gasteiger partial charge < -0.3 is 15.2 Å². The van der Waals surface area contributed by atoms with Gasteiger partial charge in [0.2, 0.25) is 0 Å². The molecule has 2 aromatic rings. The van der Waals surface area contributed by atoms with E-state index in [2.05, 4.69) is 5.32 Å². The zero-order valence-corrected chi connectivity index (χ0v) is 12.1. The highest BCUT2D eigenvalue weighted by molar-refractivity contribution is 5.94. The Morgan fingerprint density at radius 3 is 2.65 bits per heavy atom. The van der Waals surface area contributed by atoms with Crippen LogP contribution in [-0.2, 0) is 0 Å². The standard InChI is InChI=1S/C16H14F3NO3/c1-23-10-4-2-3-9(7-10)13(21)8-20-16(22)11-5-6-12(17)15(19)14(11)18/h2-7,13,21H,8H2,1H3,(H,20,22). The van der Waals surface area contributed by atoms with Gasteiger partial charge in [-0.25, -0.2) is 13.2 Å². The Morgan fingerprint density at radius 1 is 1.22 bits per heavy atom. The Morgan fingerprint density at radius 2 is 1.96 bits per heavy atom. The van der Waals surface area contributed by atoms with E-state index in [0.717, 1.165) is 6.07 Å². The Bertz CT molecular complexity index is 722. The number of nitrogens with one attached hydrogen (secondary N) is 1. The molecule has 0 aliphatic rings. The van der Waals surface area contributed by atoms with Crippen LogP contribution in [0.1, 0.15) is 22.0 Å². The van der Waals surface area contributed by atoms with Gasteiger partial charge in [0.1, 0.15) is 5.75 Å². The Kier molecular flexibility index (Phi) is 5.23. The molecule has 0 spiro atoms.